The average molecular weight is 297 g/mol. The Kier molecular flexibility index (Phi) is 4.27. The zero-order valence-corrected chi connectivity index (χ0v) is 13.2. The van der Waals surface area contributed by atoms with Crippen molar-refractivity contribution >= 4 is 5.91 Å². The molecular formula is C18H23N3O. The van der Waals surface area contributed by atoms with Crippen LogP contribution >= 0.6 is 0 Å². The van der Waals surface area contributed by atoms with Gasteiger partial charge in [0.1, 0.15) is 0 Å². The Bertz CT molecular complexity index is 637. The first-order chi connectivity index (χ1) is 10.6. The van der Waals surface area contributed by atoms with Crippen LogP contribution in [0.2, 0.25) is 0 Å². The van der Waals surface area contributed by atoms with E-state index in [1.54, 1.807) is 6.20 Å². The lowest BCUT2D eigenvalue weighted by molar-refractivity contribution is 0.0923. The predicted molar refractivity (Wildman–Crippen MR) is 87.2 cm³/mol. The highest BCUT2D eigenvalue weighted by Crippen LogP contribution is 2.23. The SMILES string of the molecule is Cc1ccnn1-c1ccc(C(=O)NC2CCC(C)CC2)cc1. The van der Waals surface area contributed by atoms with Crippen molar-refractivity contribution in [2.75, 3.05) is 0 Å². The van der Waals surface area contributed by atoms with E-state index in [1.807, 2.05) is 41.9 Å². The lowest BCUT2D eigenvalue weighted by atomic mass is 9.87. The first-order valence-corrected chi connectivity index (χ1v) is 8.05. The molecule has 116 valence electrons. The number of rotatable bonds is 3. The van der Waals surface area contributed by atoms with Crippen LogP contribution in [0.3, 0.4) is 0 Å². The topological polar surface area (TPSA) is 46.9 Å². The fraction of sp³-hybridized carbons (Fsp3) is 0.444. The summed E-state index contributed by atoms with van der Waals surface area (Å²) in [6.45, 7) is 4.30. The second-order valence-electron chi connectivity index (χ2n) is 6.36. The molecule has 0 spiro atoms. The van der Waals surface area contributed by atoms with Gasteiger partial charge in [0.2, 0.25) is 0 Å². The molecule has 0 atom stereocenters. The van der Waals surface area contributed by atoms with Crippen LogP contribution in [-0.2, 0) is 0 Å². The molecule has 22 heavy (non-hydrogen) atoms. The number of nitrogens with one attached hydrogen (secondary N) is 1. The fourth-order valence-corrected chi connectivity index (χ4v) is 3.07. The van der Waals surface area contributed by atoms with Crippen molar-refractivity contribution in [3.8, 4) is 5.69 Å². The van der Waals surface area contributed by atoms with Crippen molar-refractivity contribution in [1.82, 2.24) is 15.1 Å². The highest BCUT2D eigenvalue weighted by atomic mass is 16.1. The Morgan fingerprint density at radius 1 is 1.14 bits per heavy atom. The zero-order valence-electron chi connectivity index (χ0n) is 13.2. The van der Waals surface area contributed by atoms with E-state index in [4.69, 9.17) is 0 Å². The molecule has 0 aliphatic heterocycles. The Morgan fingerprint density at radius 2 is 1.82 bits per heavy atom. The number of hydrogen-bond acceptors (Lipinski definition) is 2. The van der Waals surface area contributed by atoms with Gasteiger partial charge >= 0.3 is 0 Å². The molecule has 1 amide bonds. The molecular weight excluding hydrogens is 274 g/mol. The van der Waals surface area contributed by atoms with Crippen molar-refractivity contribution in [3.63, 3.8) is 0 Å². The van der Waals surface area contributed by atoms with Gasteiger partial charge in [-0.15, -0.1) is 0 Å². The summed E-state index contributed by atoms with van der Waals surface area (Å²) in [5, 5.41) is 7.44. The third-order valence-corrected chi connectivity index (χ3v) is 4.56. The predicted octanol–water partition coefficient (Wildman–Crippen LogP) is 3.49. The first-order valence-electron chi connectivity index (χ1n) is 8.05. The molecule has 4 heteroatoms. The smallest absolute Gasteiger partial charge is 0.251 e. The number of aromatic nitrogens is 2. The van der Waals surface area contributed by atoms with Gasteiger partial charge in [0.05, 0.1) is 5.69 Å². The molecule has 1 N–H and O–H groups in total. The van der Waals surface area contributed by atoms with Crippen LogP contribution in [0.1, 0.15) is 48.7 Å². The van der Waals surface area contributed by atoms with Crippen LogP contribution < -0.4 is 5.32 Å². The lowest BCUT2D eigenvalue weighted by Gasteiger charge is -2.26. The second kappa shape index (κ2) is 6.34. The molecule has 4 nitrogen and oxygen atoms in total. The summed E-state index contributed by atoms with van der Waals surface area (Å²) < 4.78 is 1.87. The maximum Gasteiger partial charge on any atom is 0.251 e. The summed E-state index contributed by atoms with van der Waals surface area (Å²) in [5.41, 5.74) is 2.77. The molecule has 0 radical (unpaired) electrons. The third-order valence-electron chi connectivity index (χ3n) is 4.56. The number of amides is 1. The number of benzene rings is 1. The van der Waals surface area contributed by atoms with Crippen LogP contribution in [0.5, 0.6) is 0 Å². The second-order valence-corrected chi connectivity index (χ2v) is 6.36. The maximum absolute atomic E-state index is 12.3. The summed E-state index contributed by atoms with van der Waals surface area (Å²) in [5.74, 6) is 0.827. The van der Waals surface area contributed by atoms with Gasteiger partial charge in [-0.05, 0) is 68.9 Å². The van der Waals surface area contributed by atoms with E-state index in [0.29, 0.717) is 11.6 Å². The fourth-order valence-electron chi connectivity index (χ4n) is 3.07. The largest absolute Gasteiger partial charge is 0.349 e. The molecule has 2 aromatic rings. The third kappa shape index (κ3) is 3.21. The summed E-state index contributed by atoms with van der Waals surface area (Å²) in [4.78, 5) is 12.3. The molecule has 0 unspecified atom stereocenters. The number of carbonyl (C=O) groups excluding carboxylic acids is 1. The average Bonchev–Trinajstić information content (AvgIpc) is 2.96. The minimum atomic E-state index is 0.0308. The Balaban J connectivity index is 1.65. The summed E-state index contributed by atoms with van der Waals surface area (Å²) in [6, 6.07) is 9.92. The van der Waals surface area contributed by atoms with Crippen molar-refractivity contribution in [2.24, 2.45) is 5.92 Å². The van der Waals surface area contributed by atoms with Crippen molar-refractivity contribution < 1.29 is 4.79 Å². The Hall–Kier alpha value is -2.10. The van der Waals surface area contributed by atoms with E-state index < -0.39 is 0 Å². The molecule has 1 aromatic heterocycles. The lowest BCUT2D eigenvalue weighted by Crippen LogP contribution is -2.37. The monoisotopic (exact) mass is 297 g/mol. The van der Waals surface area contributed by atoms with Gasteiger partial charge in [0, 0.05) is 23.5 Å². The molecule has 1 aliphatic rings. The van der Waals surface area contributed by atoms with Crippen molar-refractivity contribution in [2.45, 2.75) is 45.6 Å². The van der Waals surface area contributed by atoms with Crippen LogP contribution in [-0.4, -0.2) is 21.7 Å². The Labute approximate surface area is 131 Å². The molecule has 0 bridgehead atoms. The minimum absolute atomic E-state index is 0.0308. The van der Waals surface area contributed by atoms with Crippen LogP contribution in [0.25, 0.3) is 5.69 Å². The summed E-state index contributed by atoms with van der Waals surface area (Å²) >= 11 is 0. The maximum atomic E-state index is 12.3. The van der Waals surface area contributed by atoms with Gasteiger partial charge < -0.3 is 5.32 Å². The zero-order chi connectivity index (χ0) is 15.5. The van der Waals surface area contributed by atoms with Crippen LogP contribution in [0, 0.1) is 12.8 Å². The van der Waals surface area contributed by atoms with E-state index in [2.05, 4.69) is 17.3 Å². The molecule has 3 rings (SSSR count). The van der Waals surface area contributed by atoms with Gasteiger partial charge in [-0.1, -0.05) is 6.92 Å². The number of hydrogen-bond donors (Lipinski definition) is 1. The summed E-state index contributed by atoms with van der Waals surface area (Å²) in [6.07, 6.45) is 6.39. The van der Waals surface area contributed by atoms with E-state index in [9.17, 15) is 4.79 Å². The molecule has 1 fully saturated rings. The van der Waals surface area contributed by atoms with E-state index in [-0.39, 0.29) is 5.91 Å². The normalized spacial score (nSPS) is 21.5. The molecule has 1 saturated carbocycles. The van der Waals surface area contributed by atoms with E-state index in [0.717, 1.165) is 30.1 Å². The molecule has 0 saturated heterocycles. The standard InChI is InChI=1S/C18H23N3O/c1-13-3-7-16(8-4-13)20-18(22)15-5-9-17(10-6-15)21-14(2)11-12-19-21/h5-6,9-13,16H,3-4,7-8H2,1-2H3,(H,20,22). The van der Waals surface area contributed by atoms with E-state index >= 15 is 0 Å². The van der Waals surface area contributed by atoms with Gasteiger partial charge in [0.25, 0.3) is 5.91 Å². The van der Waals surface area contributed by atoms with Crippen LogP contribution in [0.15, 0.2) is 36.5 Å². The van der Waals surface area contributed by atoms with E-state index in [1.165, 1.54) is 12.8 Å². The highest BCUT2D eigenvalue weighted by molar-refractivity contribution is 5.94. The number of aryl methyl sites for hydroxylation is 1. The highest BCUT2D eigenvalue weighted by Gasteiger charge is 2.20. The van der Waals surface area contributed by atoms with Gasteiger partial charge in [-0.3, -0.25) is 4.79 Å². The molecule has 1 aliphatic carbocycles. The van der Waals surface area contributed by atoms with Crippen LogP contribution in [0.4, 0.5) is 0 Å². The quantitative estimate of drug-likeness (QED) is 0.942. The van der Waals surface area contributed by atoms with Gasteiger partial charge in [0.15, 0.2) is 0 Å². The summed E-state index contributed by atoms with van der Waals surface area (Å²) in [7, 11) is 0. The first kappa shape index (κ1) is 14.8. The Morgan fingerprint density at radius 3 is 2.41 bits per heavy atom. The minimum Gasteiger partial charge on any atom is -0.349 e. The number of carbonyl (C=O) groups is 1. The number of nitrogens with zero attached hydrogens (tertiary/aromatic N) is 2. The van der Waals surface area contributed by atoms with Crippen molar-refractivity contribution in [1.29, 1.82) is 0 Å². The van der Waals surface area contributed by atoms with Crippen molar-refractivity contribution in [3.05, 3.63) is 47.8 Å². The van der Waals surface area contributed by atoms with Gasteiger partial charge in [-0.2, -0.15) is 5.10 Å². The molecule has 1 heterocycles. The molecule has 1 aromatic carbocycles. The van der Waals surface area contributed by atoms with Gasteiger partial charge in [-0.25, -0.2) is 4.68 Å².